The van der Waals surface area contributed by atoms with Crippen LogP contribution >= 0.6 is 11.6 Å². The number of esters is 1. The van der Waals surface area contributed by atoms with E-state index in [4.69, 9.17) is 16.3 Å². The zero-order valence-corrected chi connectivity index (χ0v) is 14.1. The molecule has 6 heteroatoms. The minimum absolute atomic E-state index is 0.227. The minimum Gasteiger partial charge on any atom is -0.463 e. The maximum Gasteiger partial charge on any atom is 0.376 e. The van der Waals surface area contributed by atoms with E-state index in [0.29, 0.717) is 17.3 Å². The molecule has 0 aromatic heterocycles. The van der Waals surface area contributed by atoms with Gasteiger partial charge in [0.2, 0.25) is 5.84 Å². The van der Waals surface area contributed by atoms with Crippen molar-refractivity contribution in [1.29, 1.82) is 0 Å². The van der Waals surface area contributed by atoms with E-state index in [1.165, 1.54) is 12.7 Å². The molecule has 2 aromatic rings. The highest BCUT2D eigenvalue weighted by Crippen LogP contribution is 2.27. The molecule has 0 saturated carbocycles. The summed E-state index contributed by atoms with van der Waals surface area (Å²) in [5.74, 6) is -0.258. The summed E-state index contributed by atoms with van der Waals surface area (Å²) >= 11 is 5.98. The summed E-state index contributed by atoms with van der Waals surface area (Å²) in [6.07, 6.45) is 1.94. The summed E-state index contributed by atoms with van der Waals surface area (Å²) < 4.78 is 4.92. The van der Waals surface area contributed by atoms with Crippen LogP contribution in [0.5, 0.6) is 0 Å². The average molecular weight is 344 g/mol. The van der Waals surface area contributed by atoms with E-state index in [0.717, 1.165) is 18.5 Å². The topological polar surface area (TPSA) is 53.9 Å². The van der Waals surface area contributed by atoms with Gasteiger partial charge in [0.15, 0.2) is 0 Å². The van der Waals surface area contributed by atoms with E-state index in [1.54, 1.807) is 12.1 Å². The van der Waals surface area contributed by atoms with E-state index < -0.39 is 5.97 Å². The Hall–Kier alpha value is -2.53. The predicted molar refractivity (Wildman–Crippen MR) is 96.6 cm³/mol. The normalized spacial score (nSPS) is 14.1. The Kier molecular flexibility index (Phi) is 5.01. The van der Waals surface area contributed by atoms with Gasteiger partial charge < -0.3 is 9.64 Å². The second-order valence-electron chi connectivity index (χ2n) is 5.43. The van der Waals surface area contributed by atoms with Gasteiger partial charge in [-0.3, -0.25) is 5.43 Å². The lowest BCUT2D eigenvalue weighted by atomic mass is 10.0. The van der Waals surface area contributed by atoms with Crippen molar-refractivity contribution in [3.63, 3.8) is 0 Å². The number of nitrogens with one attached hydrogen (secondary N) is 1. The first-order chi connectivity index (χ1) is 11.7. The van der Waals surface area contributed by atoms with Crippen LogP contribution in [0.2, 0.25) is 5.02 Å². The van der Waals surface area contributed by atoms with Crippen LogP contribution in [-0.4, -0.2) is 25.5 Å². The molecule has 24 heavy (non-hydrogen) atoms. The van der Waals surface area contributed by atoms with E-state index in [2.05, 4.69) is 16.6 Å². The number of anilines is 2. The molecule has 1 aliphatic rings. The lowest BCUT2D eigenvalue weighted by Gasteiger charge is -2.30. The van der Waals surface area contributed by atoms with Crippen molar-refractivity contribution in [1.82, 2.24) is 0 Å². The number of aryl methyl sites for hydroxylation is 1. The standard InChI is InChI=1S/C18H18ClN3O2/c1-24-18(23)17(21-20-15-9-4-8-14(19)12-15)22-11-5-7-13-6-2-3-10-16(13)22/h2-4,6,8-10,12,20H,5,7,11H2,1H3/b21-17+. The van der Waals surface area contributed by atoms with Crippen LogP contribution in [0.25, 0.3) is 0 Å². The van der Waals surface area contributed by atoms with Gasteiger partial charge in [-0.1, -0.05) is 35.9 Å². The number of hydrogen-bond acceptors (Lipinski definition) is 4. The fraction of sp³-hybridized carbons (Fsp3) is 0.222. The zero-order valence-electron chi connectivity index (χ0n) is 13.3. The predicted octanol–water partition coefficient (Wildman–Crippen LogP) is 3.69. The van der Waals surface area contributed by atoms with Crippen molar-refractivity contribution in [2.75, 3.05) is 24.0 Å². The second-order valence-corrected chi connectivity index (χ2v) is 5.87. The Bertz CT molecular complexity index is 776. The molecule has 5 nitrogen and oxygen atoms in total. The average Bonchev–Trinajstić information content (AvgIpc) is 2.62. The molecule has 0 unspecified atom stereocenters. The molecule has 0 spiro atoms. The van der Waals surface area contributed by atoms with E-state index >= 15 is 0 Å². The molecule has 0 aliphatic carbocycles. The highest BCUT2D eigenvalue weighted by Gasteiger charge is 2.26. The van der Waals surface area contributed by atoms with E-state index in [1.807, 2.05) is 35.2 Å². The molecule has 1 aliphatic heterocycles. The summed E-state index contributed by atoms with van der Waals surface area (Å²) in [5.41, 5.74) is 5.78. The largest absolute Gasteiger partial charge is 0.463 e. The third-order valence-corrected chi connectivity index (χ3v) is 4.08. The molecule has 1 heterocycles. The molecule has 1 N–H and O–H groups in total. The number of hydrogen-bond donors (Lipinski definition) is 1. The van der Waals surface area contributed by atoms with Crippen LogP contribution in [0.1, 0.15) is 12.0 Å². The quantitative estimate of drug-likeness (QED) is 0.391. The summed E-state index contributed by atoms with van der Waals surface area (Å²) in [4.78, 5) is 14.1. The van der Waals surface area contributed by atoms with Crippen molar-refractivity contribution < 1.29 is 9.53 Å². The maximum atomic E-state index is 12.2. The number of fused-ring (bicyclic) bond motifs is 1. The third kappa shape index (κ3) is 3.51. The Morgan fingerprint density at radius 3 is 2.88 bits per heavy atom. The lowest BCUT2D eigenvalue weighted by molar-refractivity contribution is -0.132. The maximum absolute atomic E-state index is 12.2. The molecule has 0 bridgehead atoms. The van der Waals surface area contributed by atoms with Crippen LogP contribution in [0.3, 0.4) is 0 Å². The van der Waals surface area contributed by atoms with Crippen molar-refractivity contribution in [3.05, 3.63) is 59.1 Å². The second kappa shape index (κ2) is 7.36. The zero-order chi connectivity index (χ0) is 16.9. The number of rotatable bonds is 2. The van der Waals surface area contributed by atoms with Gasteiger partial charge >= 0.3 is 5.97 Å². The summed E-state index contributed by atoms with van der Waals surface area (Å²) in [6.45, 7) is 0.710. The summed E-state index contributed by atoms with van der Waals surface area (Å²) in [5, 5.41) is 4.88. The Labute approximate surface area is 145 Å². The van der Waals surface area contributed by atoms with Gasteiger partial charge in [0, 0.05) is 17.3 Å². The van der Waals surface area contributed by atoms with Gasteiger partial charge in [0.25, 0.3) is 0 Å². The Morgan fingerprint density at radius 2 is 2.08 bits per heavy atom. The smallest absolute Gasteiger partial charge is 0.376 e. The number of carbonyl (C=O) groups excluding carboxylic acids is 1. The number of para-hydroxylation sites is 1. The number of carbonyl (C=O) groups is 1. The molecular formula is C18H18ClN3O2. The van der Waals surface area contributed by atoms with Crippen molar-refractivity contribution in [3.8, 4) is 0 Å². The molecule has 124 valence electrons. The van der Waals surface area contributed by atoms with Gasteiger partial charge in [-0.15, -0.1) is 5.10 Å². The van der Waals surface area contributed by atoms with Gasteiger partial charge in [-0.05, 0) is 42.7 Å². The van der Waals surface area contributed by atoms with Crippen molar-refractivity contribution in [2.45, 2.75) is 12.8 Å². The lowest BCUT2D eigenvalue weighted by Crippen LogP contribution is -2.41. The Morgan fingerprint density at radius 1 is 1.25 bits per heavy atom. The fourth-order valence-corrected chi connectivity index (χ4v) is 2.93. The number of ether oxygens (including phenoxy) is 1. The van der Waals surface area contributed by atoms with Crippen molar-refractivity contribution >= 4 is 34.8 Å². The molecular weight excluding hydrogens is 326 g/mol. The molecule has 2 aromatic carbocycles. The van der Waals surface area contributed by atoms with E-state index in [-0.39, 0.29) is 5.84 Å². The molecule has 0 fully saturated rings. The molecule has 3 rings (SSSR count). The molecule has 0 atom stereocenters. The minimum atomic E-state index is -0.485. The number of nitrogens with zero attached hydrogens (tertiary/aromatic N) is 2. The third-order valence-electron chi connectivity index (χ3n) is 3.85. The van der Waals surface area contributed by atoms with Gasteiger partial charge in [-0.2, -0.15) is 0 Å². The number of halogens is 1. The first-order valence-electron chi connectivity index (χ1n) is 7.72. The highest BCUT2D eigenvalue weighted by atomic mass is 35.5. The van der Waals surface area contributed by atoms with Gasteiger partial charge in [-0.25, -0.2) is 4.79 Å². The monoisotopic (exact) mass is 343 g/mol. The number of amidine groups is 1. The number of methoxy groups -OCH3 is 1. The summed E-state index contributed by atoms with van der Waals surface area (Å²) in [7, 11) is 1.35. The SMILES string of the molecule is COC(=O)/C(=N\Nc1cccc(Cl)c1)N1CCCc2ccccc21. The van der Waals surface area contributed by atoms with E-state index in [9.17, 15) is 4.79 Å². The molecule has 0 amide bonds. The molecule has 0 saturated heterocycles. The Balaban J connectivity index is 1.93. The summed E-state index contributed by atoms with van der Waals surface area (Å²) in [6, 6.07) is 15.2. The van der Waals surface area contributed by atoms with Crippen molar-refractivity contribution in [2.24, 2.45) is 5.10 Å². The van der Waals surface area contributed by atoms with Gasteiger partial charge in [0.1, 0.15) is 0 Å². The number of benzene rings is 2. The fourth-order valence-electron chi connectivity index (χ4n) is 2.74. The van der Waals surface area contributed by atoms with Crippen LogP contribution < -0.4 is 10.3 Å². The van der Waals surface area contributed by atoms with Crippen LogP contribution in [0.15, 0.2) is 53.6 Å². The first kappa shape index (κ1) is 16.3. The highest BCUT2D eigenvalue weighted by molar-refractivity contribution is 6.41. The molecule has 0 radical (unpaired) electrons. The van der Waals surface area contributed by atoms with Crippen LogP contribution in [0.4, 0.5) is 11.4 Å². The first-order valence-corrected chi connectivity index (χ1v) is 8.10. The van der Waals surface area contributed by atoms with Crippen LogP contribution in [-0.2, 0) is 16.0 Å². The number of hydrazone groups is 1. The van der Waals surface area contributed by atoms with Crippen LogP contribution in [0, 0.1) is 0 Å². The van der Waals surface area contributed by atoms with Gasteiger partial charge in [0.05, 0.1) is 12.8 Å².